The summed E-state index contributed by atoms with van der Waals surface area (Å²) in [6.45, 7) is 3.96. The number of nitrogens with zero attached hydrogens (tertiary/aromatic N) is 3. The Kier molecular flexibility index (Phi) is 5.21. The van der Waals surface area contributed by atoms with E-state index >= 15 is 0 Å². The predicted molar refractivity (Wildman–Crippen MR) is 93.1 cm³/mol. The van der Waals surface area contributed by atoms with Gasteiger partial charge in [-0.25, -0.2) is 4.39 Å². The molecule has 7 nitrogen and oxygen atoms in total. The normalized spacial score (nSPS) is 11.8. The minimum absolute atomic E-state index is 0.192. The highest BCUT2D eigenvalue weighted by atomic mass is 19.1. The van der Waals surface area contributed by atoms with Crippen molar-refractivity contribution < 1.29 is 13.9 Å². The molecule has 26 heavy (non-hydrogen) atoms. The number of carbonyl (C=O) groups excluding carboxylic acids is 1. The molecular formula is C18H18FN5O2. The first-order valence-electron chi connectivity index (χ1n) is 8.16. The molecule has 0 saturated carbocycles. The van der Waals surface area contributed by atoms with Gasteiger partial charge in [0.25, 0.3) is 5.91 Å². The number of rotatable bonds is 6. The fourth-order valence-corrected chi connectivity index (χ4v) is 2.57. The quantitative estimate of drug-likeness (QED) is 0.709. The van der Waals surface area contributed by atoms with Crippen LogP contribution in [0, 0.1) is 5.82 Å². The van der Waals surface area contributed by atoms with Crippen LogP contribution in [0.2, 0.25) is 0 Å². The van der Waals surface area contributed by atoms with Crippen molar-refractivity contribution in [2.75, 3.05) is 6.61 Å². The van der Waals surface area contributed by atoms with Crippen LogP contribution in [0.5, 0.6) is 5.75 Å². The van der Waals surface area contributed by atoms with E-state index in [-0.39, 0.29) is 11.7 Å². The third kappa shape index (κ3) is 3.69. The third-order valence-corrected chi connectivity index (χ3v) is 3.86. The summed E-state index contributed by atoms with van der Waals surface area (Å²) in [5, 5.41) is 16.6. The van der Waals surface area contributed by atoms with E-state index in [9.17, 15) is 9.18 Å². The molecule has 0 aliphatic rings. The molecule has 3 rings (SSSR count). The average Bonchev–Trinajstić information content (AvgIpc) is 3.18. The predicted octanol–water partition coefficient (Wildman–Crippen LogP) is 2.90. The molecule has 1 amide bonds. The smallest absolute Gasteiger partial charge is 0.252 e. The lowest BCUT2D eigenvalue weighted by Crippen LogP contribution is -2.27. The van der Waals surface area contributed by atoms with Gasteiger partial charge in [-0.05, 0) is 42.8 Å². The van der Waals surface area contributed by atoms with Crippen molar-refractivity contribution in [1.82, 2.24) is 25.9 Å². The summed E-state index contributed by atoms with van der Waals surface area (Å²) < 4.78 is 19.2. The second-order valence-corrected chi connectivity index (χ2v) is 5.60. The van der Waals surface area contributed by atoms with E-state index in [1.807, 2.05) is 0 Å². The number of nitrogens with one attached hydrogen (secondary N) is 2. The van der Waals surface area contributed by atoms with Gasteiger partial charge in [0, 0.05) is 5.56 Å². The monoisotopic (exact) mass is 355 g/mol. The number of amides is 1. The van der Waals surface area contributed by atoms with E-state index in [1.54, 1.807) is 50.2 Å². The second-order valence-electron chi connectivity index (χ2n) is 5.60. The summed E-state index contributed by atoms with van der Waals surface area (Å²) in [5.74, 6) is -0.252. The van der Waals surface area contributed by atoms with Gasteiger partial charge >= 0.3 is 0 Å². The molecule has 8 heteroatoms. The van der Waals surface area contributed by atoms with Crippen LogP contribution in [0.25, 0.3) is 11.4 Å². The number of halogens is 1. The van der Waals surface area contributed by atoms with Crippen molar-refractivity contribution in [2.24, 2.45) is 0 Å². The van der Waals surface area contributed by atoms with Crippen LogP contribution in [-0.2, 0) is 0 Å². The maximum Gasteiger partial charge on any atom is 0.252 e. The van der Waals surface area contributed by atoms with Crippen LogP contribution in [0.1, 0.15) is 35.8 Å². The molecule has 0 bridgehead atoms. The second kappa shape index (κ2) is 7.73. The van der Waals surface area contributed by atoms with Gasteiger partial charge in [0.15, 0.2) is 11.6 Å². The lowest BCUT2D eigenvalue weighted by molar-refractivity contribution is 0.0940. The van der Waals surface area contributed by atoms with Gasteiger partial charge < -0.3 is 10.1 Å². The van der Waals surface area contributed by atoms with Crippen molar-refractivity contribution in [3.8, 4) is 17.1 Å². The Labute approximate surface area is 149 Å². The van der Waals surface area contributed by atoms with Crippen LogP contribution in [-0.4, -0.2) is 33.1 Å². The topological polar surface area (TPSA) is 92.8 Å². The Bertz CT molecular complexity index is 898. The Balaban J connectivity index is 1.79. The van der Waals surface area contributed by atoms with Gasteiger partial charge in [0.2, 0.25) is 5.82 Å². The van der Waals surface area contributed by atoms with Crippen LogP contribution in [0.15, 0.2) is 42.5 Å². The van der Waals surface area contributed by atoms with Crippen LogP contribution >= 0.6 is 0 Å². The number of hydrogen-bond acceptors (Lipinski definition) is 5. The van der Waals surface area contributed by atoms with Gasteiger partial charge in [-0.2, -0.15) is 5.21 Å². The fourth-order valence-electron chi connectivity index (χ4n) is 2.57. The minimum atomic E-state index is -0.461. The number of tetrazole rings is 1. The Morgan fingerprint density at radius 1 is 1.31 bits per heavy atom. The molecule has 0 fully saturated rings. The third-order valence-electron chi connectivity index (χ3n) is 3.86. The summed E-state index contributed by atoms with van der Waals surface area (Å²) in [4.78, 5) is 12.7. The highest BCUT2D eigenvalue weighted by Crippen LogP contribution is 2.24. The molecular weight excluding hydrogens is 337 g/mol. The summed E-state index contributed by atoms with van der Waals surface area (Å²) >= 11 is 0. The molecule has 3 aromatic rings. The van der Waals surface area contributed by atoms with Gasteiger partial charge in [-0.15, -0.1) is 10.2 Å². The number of ether oxygens (including phenoxy) is 1. The maximum atomic E-state index is 14.0. The van der Waals surface area contributed by atoms with Crippen LogP contribution in [0.4, 0.5) is 4.39 Å². The van der Waals surface area contributed by atoms with E-state index in [4.69, 9.17) is 4.74 Å². The van der Waals surface area contributed by atoms with E-state index < -0.39 is 11.9 Å². The zero-order valence-electron chi connectivity index (χ0n) is 14.4. The first kappa shape index (κ1) is 17.5. The molecule has 1 aromatic heterocycles. The van der Waals surface area contributed by atoms with Crippen molar-refractivity contribution in [3.05, 3.63) is 59.4 Å². The average molecular weight is 355 g/mol. The van der Waals surface area contributed by atoms with E-state index in [0.29, 0.717) is 29.1 Å². The van der Waals surface area contributed by atoms with E-state index in [0.717, 1.165) is 0 Å². The molecule has 134 valence electrons. The summed E-state index contributed by atoms with van der Waals surface area (Å²) in [6.07, 6.45) is 0. The Morgan fingerprint density at radius 3 is 2.81 bits per heavy atom. The first-order valence-corrected chi connectivity index (χ1v) is 8.16. The highest BCUT2D eigenvalue weighted by molar-refractivity contribution is 6.00. The number of aromatic nitrogens is 4. The molecule has 0 saturated heterocycles. The Morgan fingerprint density at radius 2 is 2.12 bits per heavy atom. The molecule has 0 radical (unpaired) electrons. The number of H-pyrrole nitrogens is 1. The lowest BCUT2D eigenvalue weighted by Gasteiger charge is -2.16. The zero-order chi connectivity index (χ0) is 18.5. The van der Waals surface area contributed by atoms with Crippen molar-refractivity contribution in [2.45, 2.75) is 19.9 Å². The fraction of sp³-hybridized carbons (Fsp3) is 0.222. The summed E-state index contributed by atoms with van der Waals surface area (Å²) in [7, 11) is 0. The molecule has 0 unspecified atom stereocenters. The maximum absolute atomic E-state index is 14.0. The van der Waals surface area contributed by atoms with Crippen LogP contribution in [0.3, 0.4) is 0 Å². The van der Waals surface area contributed by atoms with Crippen LogP contribution < -0.4 is 10.1 Å². The highest BCUT2D eigenvalue weighted by Gasteiger charge is 2.18. The largest absolute Gasteiger partial charge is 0.491 e. The molecule has 1 heterocycles. The number of hydrogen-bond donors (Lipinski definition) is 2. The molecule has 1 atom stereocenters. The molecule has 0 aliphatic carbocycles. The molecule has 0 aliphatic heterocycles. The van der Waals surface area contributed by atoms with Gasteiger partial charge in [-0.1, -0.05) is 24.3 Å². The number of benzene rings is 2. The number of aromatic amines is 1. The van der Waals surface area contributed by atoms with E-state index in [2.05, 4.69) is 25.9 Å². The molecule has 0 spiro atoms. The van der Waals surface area contributed by atoms with Gasteiger partial charge in [0.1, 0.15) is 0 Å². The molecule has 2 N–H and O–H groups in total. The lowest BCUT2D eigenvalue weighted by atomic mass is 10.0. The Hall–Kier alpha value is -3.29. The minimum Gasteiger partial charge on any atom is -0.491 e. The van der Waals surface area contributed by atoms with Crippen molar-refractivity contribution >= 4 is 5.91 Å². The zero-order valence-corrected chi connectivity index (χ0v) is 14.4. The first-order chi connectivity index (χ1) is 12.6. The standard InChI is InChI=1S/C18H18FN5O2/c1-3-26-16-9-8-12(10-15(16)19)11(2)20-18(25)14-7-5-4-6-13(14)17-21-23-24-22-17/h4-11H,3H2,1-2H3,(H,20,25)(H,21,22,23,24)/t11-/m1/s1. The van der Waals surface area contributed by atoms with Gasteiger partial charge in [-0.3, -0.25) is 4.79 Å². The SMILES string of the molecule is CCOc1ccc([C@@H](C)NC(=O)c2ccccc2-c2nn[nH]n2)cc1F. The van der Waals surface area contributed by atoms with E-state index in [1.165, 1.54) is 6.07 Å². The number of carbonyl (C=O) groups is 1. The van der Waals surface area contributed by atoms with Crippen molar-refractivity contribution in [3.63, 3.8) is 0 Å². The van der Waals surface area contributed by atoms with Gasteiger partial charge in [0.05, 0.1) is 18.2 Å². The summed E-state index contributed by atoms with van der Waals surface area (Å²) in [5.41, 5.74) is 1.60. The van der Waals surface area contributed by atoms with Crippen molar-refractivity contribution in [1.29, 1.82) is 0 Å². The summed E-state index contributed by atoms with van der Waals surface area (Å²) in [6, 6.07) is 11.2. The molecule has 2 aromatic carbocycles.